The maximum absolute atomic E-state index is 13.4. The van der Waals surface area contributed by atoms with Gasteiger partial charge >= 0.3 is 0 Å². The second-order valence-electron chi connectivity index (χ2n) is 7.67. The predicted molar refractivity (Wildman–Crippen MR) is 116 cm³/mol. The molecule has 2 N–H and O–H groups in total. The van der Waals surface area contributed by atoms with E-state index < -0.39 is 6.04 Å². The number of fused-ring (bicyclic) bond motifs is 2. The number of allylic oxidation sites excluding steroid dienone is 1. The molecule has 0 aliphatic carbocycles. The summed E-state index contributed by atoms with van der Waals surface area (Å²) in [5, 5.41) is 10.6. The molecule has 2 aliphatic heterocycles. The van der Waals surface area contributed by atoms with Gasteiger partial charge in [-0.3, -0.25) is 4.79 Å². The summed E-state index contributed by atoms with van der Waals surface area (Å²) in [6.45, 7) is 5.09. The van der Waals surface area contributed by atoms with Gasteiger partial charge in [-0.1, -0.05) is 23.8 Å². The number of nitrogens with zero attached hydrogens (tertiary/aromatic N) is 3. The highest BCUT2D eigenvalue weighted by molar-refractivity contribution is 6.06. The number of carbonyl (C=O) groups excluding carboxylic acids is 1. The third-order valence-corrected chi connectivity index (χ3v) is 5.44. The van der Waals surface area contributed by atoms with E-state index in [9.17, 15) is 4.79 Å². The van der Waals surface area contributed by atoms with Gasteiger partial charge in [0.05, 0.1) is 18.8 Å². The number of ether oxygens (including phenoxy) is 2. The van der Waals surface area contributed by atoms with Gasteiger partial charge in [-0.25, -0.2) is 4.68 Å². The Bertz CT molecular complexity index is 1170. The molecule has 0 saturated heterocycles. The lowest BCUT2D eigenvalue weighted by Crippen LogP contribution is -2.31. The van der Waals surface area contributed by atoms with Gasteiger partial charge in [-0.05, 0) is 43.7 Å². The summed E-state index contributed by atoms with van der Waals surface area (Å²) in [7, 11) is 0. The summed E-state index contributed by atoms with van der Waals surface area (Å²) in [6.07, 6.45) is 2.31. The van der Waals surface area contributed by atoms with Crippen molar-refractivity contribution in [1.29, 1.82) is 0 Å². The number of benzene rings is 2. The van der Waals surface area contributed by atoms with E-state index in [2.05, 4.69) is 20.7 Å². The molecule has 0 fully saturated rings. The molecule has 0 spiro atoms. The van der Waals surface area contributed by atoms with E-state index in [1.165, 1.54) is 6.33 Å². The minimum atomic E-state index is -0.457. The number of rotatable bonds is 3. The molecular formula is C23H23N5O3. The van der Waals surface area contributed by atoms with Crippen LogP contribution < -0.4 is 20.1 Å². The number of nitrogens with one attached hydrogen (secondary N) is 2. The van der Waals surface area contributed by atoms with Crippen LogP contribution in [0.5, 0.6) is 11.5 Å². The maximum atomic E-state index is 13.4. The first-order valence-corrected chi connectivity index (χ1v) is 10.2. The van der Waals surface area contributed by atoms with Crippen LogP contribution in [-0.2, 0) is 4.79 Å². The summed E-state index contributed by atoms with van der Waals surface area (Å²) in [6, 6.07) is 13.0. The number of amides is 1. The number of carbonyl (C=O) groups is 1. The Balaban J connectivity index is 1.55. The Morgan fingerprint density at radius 1 is 1.10 bits per heavy atom. The van der Waals surface area contributed by atoms with Crippen molar-refractivity contribution < 1.29 is 14.3 Å². The van der Waals surface area contributed by atoms with Crippen LogP contribution in [0.15, 0.2) is 60.1 Å². The molecular weight excluding hydrogens is 394 g/mol. The number of aryl methyl sites for hydroxylation is 1. The molecule has 1 atom stereocenters. The van der Waals surface area contributed by atoms with Gasteiger partial charge in [0.1, 0.15) is 12.4 Å². The van der Waals surface area contributed by atoms with E-state index in [0.717, 1.165) is 28.9 Å². The van der Waals surface area contributed by atoms with Crippen molar-refractivity contribution in [3.63, 3.8) is 0 Å². The first-order valence-electron chi connectivity index (χ1n) is 10.2. The van der Waals surface area contributed by atoms with E-state index in [0.29, 0.717) is 36.2 Å². The summed E-state index contributed by atoms with van der Waals surface area (Å²) in [4.78, 5) is 17.7. The largest absolute Gasteiger partial charge is 0.490 e. The number of aromatic nitrogens is 3. The molecule has 2 aromatic carbocycles. The first-order chi connectivity index (χ1) is 15.1. The lowest BCUT2D eigenvalue weighted by atomic mass is 9.94. The molecule has 1 unspecified atom stereocenters. The van der Waals surface area contributed by atoms with E-state index in [1.54, 1.807) is 4.68 Å². The predicted octanol–water partition coefficient (Wildman–Crippen LogP) is 3.68. The van der Waals surface area contributed by atoms with Crippen molar-refractivity contribution in [2.24, 2.45) is 0 Å². The SMILES string of the molecule is CC1=C(C(=O)Nc2ccc(C)cc2)C(c2ccc3c(c2)OCCCO3)n2ncnc2N1. The topological polar surface area (TPSA) is 90.3 Å². The summed E-state index contributed by atoms with van der Waals surface area (Å²) < 4.78 is 13.4. The lowest BCUT2D eigenvalue weighted by Gasteiger charge is -2.29. The summed E-state index contributed by atoms with van der Waals surface area (Å²) >= 11 is 0. The van der Waals surface area contributed by atoms with Crippen LogP contribution in [-0.4, -0.2) is 33.9 Å². The normalized spacial score (nSPS) is 17.4. The Morgan fingerprint density at radius 3 is 2.68 bits per heavy atom. The fraction of sp³-hybridized carbons (Fsp3) is 0.261. The quantitative estimate of drug-likeness (QED) is 0.676. The second-order valence-corrected chi connectivity index (χ2v) is 7.67. The lowest BCUT2D eigenvalue weighted by molar-refractivity contribution is -0.113. The van der Waals surface area contributed by atoms with Crippen molar-refractivity contribution >= 4 is 17.5 Å². The highest BCUT2D eigenvalue weighted by Crippen LogP contribution is 2.39. The molecule has 0 bridgehead atoms. The van der Waals surface area contributed by atoms with Crippen LogP contribution in [0.25, 0.3) is 0 Å². The summed E-state index contributed by atoms with van der Waals surface area (Å²) in [5.41, 5.74) is 4.02. The molecule has 2 aliphatic rings. The highest BCUT2D eigenvalue weighted by Gasteiger charge is 2.34. The summed E-state index contributed by atoms with van der Waals surface area (Å²) in [5.74, 6) is 1.76. The van der Waals surface area contributed by atoms with Gasteiger partial charge in [-0.15, -0.1) is 0 Å². The van der Waals surface area contributed by atoms with Crippen LogP contribution in [0.4, 0.5) is 11.6 Å². The zero-order valence-corrected chi connectivity index (χ0v) is 17.4. The van der Waals surface area contributed by atoms with Gasteiger partial charge < -0.3 is 20.1 Å². The fourth-order valence-corrected chi connectivity index (χ4v) is 3.88. The first kappa shape index (κ1) is 19.2. The van der Waals surface area contributed by atoms with Crippen molar-refractivity contribution in [3.05, 3.63) is 71.2 Å². The number of anilines is 2. The standard InChI is InChI=1S/C23H23N5O3/c1-14-4-7-17(8-5-14)27-22(29)20-15(2)26-23-24-13-25-28(23)21(20)16-6-9-18-19(12-16)31-11-3-10-30-18/h4-9,12-13,21H,3,10-11H2,1-2H3,(H,27,29)(H,24,25,26). The molecule has 0 saturated carbocycles. The Kier molecular flexibility index (Phi) is 4.82. The van der Waals surface area contributed by atoms with Gasteiger partial charge in [0.2, 0.25) is 5.95 Å². The molecule has 8 heteroatoms. The van der Waals surface area contributed by atoms with E-state index in [-0.39, 0.29) is 5.91 Å². The minimum Gasteiger partial charge on any atom is -0.490 e. The highest BCUT2D eigenvalue weighted by atomic mass is 16.5. The molecule has 158 valence electrons. The van der Waals surface area contributed by atoms with Crippen LogP contribution in [0.3, 0.4) is 0 Å². The van der Waals surface area contributed by atoms with Crippen LogP contribution >= 0.6 is 0 Å². The maximum Gasteiger partial charge on any atom is 0.255 e. The van der Waals surface area contributed by atoms with Gasteiger partial charge in [-0.2, -0.15) is 10.1 Å². The van der Waals surface area contributed by atoms with Crippen molar-refractivity contribution in [3.8, 4) is 11.5 Å². The second kappa shape index (κ2) is 7.79. The van der Waals surface area contributed by atoms with Crippen molar-refractivity contribution in [1.82, 2.24) is 14.8 Å². The van der Waals surface area contributed by atoms with Crippen molar-refractivity contribution in [2.45, 2.75) is 26.3 Å². The molecule has 31 heavy (non-hydrogen) atoms. The molecule has 3 aromatic rings. The molecule has 5 rings (SSSR count). The third-order valence-electron chi connectivity index (χ3n) is 5.44. The molecule has 1 amide bonds. The smallest absolute Gasteiger partial charge is 0.255 e. The van der Waals surface area contributed by atoms with Crippen LogP contribution in [0.1, 0.15) is 30.5 Å². The Morgan fingerprint density at radius 2 is 1.87 bits per heavy atom. The van der Waals surface area contributed by atoms with Gasteiger partial charge in [0, 0.05) is 17.8 Å². The van der Waals surface area contributed by atoms with Crippen LogP contribution in [0, 0.1) is 6.92 Å². The van der Waals surface area contributed by atoms with Gasteiger partial charge in [0.25, 0.3) is 5.91 Å². The Labute approximate surface area is 179 Å². The van der Waals surface area contributed by atoms with Crippen LogP contribution in [0.2, 0.25) is 0 Å². The van der Waals surface area contributed by atoms with E-state index in [1.807, 2.05) is 56.3 Å². The van der Waals surface area contributed by atoms with Crippen molar-refractivity contribution in [2.75, 3.05) is 23.8 Å². The monoisotopic (exact) mass is 417 g/mol. The number of hydrogen-bond donors (Lipinski definition) is 2. The average Bonchev–Trinajstić information content (AvgIpc) is 3.09. The fourth-order valence-electron chi connectivity index (χ4n) is 3.88. The van der Waals surface area contributed by atoms with E-state index in [4.69, 9.17) is 9.47 Å². The van der Waals surface area contributed by atoms with E-state index >= 15 is 0 Å². The van der Waals surface area contributed by atoms with Gasteiger partial charge in [0.15, 0.2) is 11.5 Å². The average molecular weight is 417 g/mol. The third kappa shape index (κ3) is 3.61. The Hall–Kier alpha value is -3.81. The number of hydrogen-bond acceptors (Lipinski definition) is 6. The molecule has 0 radical (unpaired) electrons. The molecule has 3 heterocycles. The molecule has 8 nitrogen and oxygen atoms in total. The zero-order chi connectivity index (χ0) is 21.4. The minimum absolute atomic E-state index is 0.202. The zero-order valence-electron chi connectivity index (χ0n) is 17.4. The molecule has 1 aromatic heterocycles.